The quantitative estimate of drug-likeness (QED) is 0.856. The molecular weight excluding hydrogens is 266 g/mol. The van der Waals surface area contributed by atoms with E-state index in [0.717, 1.165) is 11.1 Å². The lowest BCUT2D eigenvalue weighted by molar-refractivity contribution is 0.0690. The third-order valence-electron chi connectivity index (χ3n) is 2.91. The van der Waals surface area contributed by atoms with Crippen molar-refractivity contribution in [2.75, 3.05) is 0 Å². The molecule has 0 fully saturated rings. The lowest BCUT2D eigenvalue weighted by atomic mass is 10.1. The Labute approximate surface area is 123 Å². The fraction of sp³-hybridized carbons (Fsp3) is 0.188. The largest absolute Gasteiger partial charge is 0.476 e. The van der Waals surface area contributed by atoms with Gasteiger partial charge in [-0.3, -0.25) is 0 Å². The molecule has 108 valence electrons. The first-order valence-corrected chi connectivity index (χ1v) is 6.53. The fourth-order valence-electron chi connectivity index (χ4n) is 1.86. The number of aryl methyl sites for hydroxylation is 1. The van der Waals surface area contributed by atoms with Gasteiger partial charge in [0.2, 0.25) is 0 Å². The molecule has 2 aromatic rings. The zero-order valence-electron chi connectivity index (χ0n) is 12.1. The number of carbonyl (C=O) groups is 1. The first kappa shape index (κ1) is 14.7. The van der Waals surface area contributed by atoms with E-state index in [9.17, 15) is 9.90 Å². The highest BCUT2D eigenvalue weighted by Gasteiger charge is 2.16. The Bertz CT molecular complexity index is 697. The highest BCUT2D eigenvalue weighted by atomic mass is 16.4. The van der Waals surface area contributed by atoms with Gasteiger partial charge in [0, 0.05) is 0 Å². The van der Waals surface area contributed by atoms with Gasteiger partial charge < -0.3 is 5.11 Å². The molecule has 0 saturated heterocycles. The van der Waals surface area contributed by atoms with Crippen molar-refractivity contribution in [3.8, 4) is 0 Å². The molecule has 1 heterocycles. The number of aromatic carboxylic acids is 1. The van der Waals surface area contributed by atoms with Crippen LogP contribution < -0.4 is 0 Å². The van der Waals surface area contributed by atoms with Crippen molar-refractivity contribution in [1.29, 1.82) is 0 Å². The van der Waals surface area contributed by atoms with Crippen molar-refractivity contribution >= 4 is 18.1 Å². The number of carboxylic acids is 1. The minimum Gasteiger partial charge on any atom is -0.476 e. The molecule has 0 spiro atoms. The van der Waals surface area contributed by atoms with Crippen LogP contribution in [-0.4, -0.2) is 26.1 Å². The molecule has 1 aromatic carbocycles. The van der Waals surface area contributed by atoms with E-state index in [1.807, 2.05) is 44.2 Å². The summed E-state index contributed by atoms with van der Waals surface area (Å²) in [7, 11) is 0. The van der Waals surface area contributed by atoms with Gasteiger partial charge in [-0.1, -0.05) is 53.3 Å². The highest BCUT2D eigenvalue weighted by Crippen LogP contribution is 2.13. The monoisotopic (exact) mass is 283 g/mol. The molecule has 0 amide bonds. The molecule has 0 saturated carbocycles. The molecule has 2 rings (SSSR count). The van der Waals surface area contributed by atoms with Crippen LogP contribution in [0.4, 0.5) is 0 Å². The summed E-state index contributed by atoms with van der Waals surface area (Å²) in [6.45, 7) is 8.12. The van der Waals surface area contributed by atoms with Crippen molar-refractivity contribution in [3.05, 3.63) is 58.9 Å². The van der Waals surface area contributed by atoms with Crippen molar-refractivity contribution < 1.29 is 9.90 Å². The third-order valence-corrected chi connectivity index (χ3v) is 2.91. The Hall–Kier alpha value is -2.69. The number of allylic oxidation sites excluding steroid dienone is 1. The zero-order chi connectivity index (χ0) is 15.4. The molecule has 5 heteroatoms. The summed E-state index contributed by atoms with van der Waals surface area (Å²) in [6.07, 6.45) is 3.57. The van der Waals surface area contributed by atoms with Gasteiger partial charge in [0.05, 0.1) is 12.2 Å². The summed E-state index contributed by atoms with van der Waals surface area (Å²) >= 11 is 0. The lowest BCUT2D eigenvalue weighted by Gasteiger charge is -2.03. The first-order valence-electron chi connectivity index (χ1n) is 6.53. The molecule has 0 aliphatic heterocycles. The standard InChI is InChI=1S/C16H17N3O2/c1-11(2)10-19-14(15(16(20)21)17-18-19)9-8-13-6-4-12(3)5-7-13/h4-9H,1,10H2,2-3H3,(H,20,21)/b9-8+. The van der Waals surface area contributed by atoms with E-state index in [1.165, 1.54) is 10.2 Å². The highest BCUT2D eigenvalue weighted by molar-refractivity contribution is 5.90. The topological polar surface area (TPSA) is 68.0 Å². The average Bonchev–Trinajstić information content (AvgIpc) is 2.80. The van der Waals surface area contributed by atoms with Gasteiger partial charge in [0.1, 0.15) is 0 Å². The van der Waals surface area contributed by atoms with Crippen LogP contribution in [0.15, 0.2) is 36.4 Å². The van der Waals surface area contributed by atoms with E-state index in [2.05, 4.69) is 16.9 Å². The van der Waals surface area contributed by atoms with Gasteiger partial charge in [0.25, 0.3) is 0 Å². The van der Waals surface area contributed by atoms with Crippen LogP contribution in [0.25, 0.3) is 12.2 Å². The van der Waals surface area contributed by atoms with Crippen LogP contribution in [0.2, 0.25) is 0 Å². The summed E-state index contributed by atoms with van der Waals surface area (Å²) in [5.74, 6) is -1.09. The van der Waals surface area contributed by atoms with E-state index in [1.54, 1.807) is 6.08 Å². The normalized spacial score (nSPS) is 11.0. The fourth-order valence-corrected chi connectivity index (χ4v) is 1.86. The predicted octanol–water partition coefficient (Wildman–Crippen LogP) is 3.03. The molecule has 0 aliphatic carbocycles. The third kappa shape index (κ3) is 3.66. The molecule has 1 aromatic heterocycles. The Morgan fingerprint density at radius 3 is 2.57 bits per heavy atom. The predicted molar refractivity (Wildman–Crippen MR) is 81.9 cm³/mol. The minimum atomic E-state index is -1.09. The number of hydrogen-bond donors (Lipinski definition) is 1. The molecule has 0 atom stereocenters. The zero-order valence-corrected chi connectivity index (χ0v) is 12.1. The maximum atomic E-state index is 11.2. The Kier molecular flexibility index (Phi) is 4.33. The van der Waals surface area contributed by atoms with Crippen LogP contribution in [-0.2, 0) is 6.54 Å². The average molecular weight is 283 g/mol. The van der Waals surface area contributed by atoms with Gasteiger partial charge in [0.15, 0.2) is 5.69 Å². The van der Waals surface area contributed by atoms with Crippen molar-refractivity contribution in [2.24, 2.45) is 0 Å². The molecular formula is C16H17N3O2. The van der Waals surface area contributed by atoms with Crippen molar-refractivity contribution in [2.45, 2.75) is 20.4 Å². The van der Waals surface area contributed by atoms with Crippen LogP contribution in [0.5, 0.6) is 0 Å². The molecule has 21 heavy (non-hydrogen) atoms. The SMILES string of the molecule is C=C(C)Cn1nnc(C(=O)O)c1/C=C/c1ccc(C)cc1. The molecule has 5 nitrogen and oxygen atoms in total. The van der Waals surface area contributed by atoms with Gasteiger partial charge >= 0.3 is 5.97 Å². The number of nitrogens with zero attached hydrogens (tertiary/aromatic N) is 3. The maximum absolute atomic E-state index is 11.2. The Morgan fingerprint density at radius 1 is 1.33 bits per heavy atom. The number of aromatic nitrogens is 3. The summed E-state index contributed by atoms with van der Waals surface area (Å²) in [6, 6.07) is 7.95. The first-order chi connectivity index (χ1) is 9.97. The summed E-state index contributed by atoms with van der Waals surface area (Å²) < 4.78 is 1.54. The number of benzene rings is 1. The van der Waals surface area contributed by atoms with Crippen LogP contribution in [0.1, 0.15) is 34.2 Å². The van der Waals surface area contributed by atoms with Gasteiger partial charge in [-0.15, -0.1) is 5.10 Å². The second-order valence-corrected chi connectivity index (χ2v) is 4.99. The van der Waals surface area contributed by atoms with E-state index < -0.39 is 5.97 Å². The summed E-state index contributed by atoms with van der Waals surface area (Å²) in [4.78, 5) is 11.2. The van der Waals surface area contributed by atoms with E-state index in [-0.39, 0.29) is 5.69 Å². The van der Waals surface area contributed by atoms with Gasteiger partial charge in [-0.2, -0.15) is 0 Å². The second-order valence-electron chi connectivity index (χ2n) is 4.99. The molecule has 0 radical (unpaired) electrons. The smallest absolute Gasteiger partial charge is 0.358 e. The van der Waals surface area contributed by atoms with Gasteiger partial charge in [-0.25, -0.2) is 9.48 Å². The number of hydrogen-bond acceptors (Lipinski definition) is 3. The summed E-state index contributed by atoms with van der Waals surface area (Å²) in [5, 5.41) is 16.8. The van der Waals surface area contributed by atoms with E-state index in [0.29, 0.717) is 12.2 Å². The van der Waals surface area contributed by atoms with Gasteiger partial charge in [-0.05, 0) is 25.5 Å². The lowest BCUT2D eigenvalue weighted by Crippen LogP contribution is -2.05. The molecule has 0 aliphatic rings. The number of rotatable bonds is 5. The van der Waals surface area contributed by atoms with Crippen molar-refractivity contribution in [3.63, 3.8) is 0 Å². The van der Waals surface area contributed by atoms with Crippen LogP contribution >= 0.6 is 0 Å². The maximum Gasteiger partial charge on any atom is 0.358 e. The molecule has 0 unspecified atom stereocenters. The molecule has 0 bridgehead atoms. The van der Waals surface area contributed by atoms with Crippen LogP contribution in [0, 0.1) is 6.92 Å². The van der Waals surface area contributed by atoms with E-state index >= 15 is 0 Å². The Morgan fingerprint density at radius 2 is 2.00 bits per heavy atom. The molecule has 1 N–H and O–H groups in total. The summed E-state index contributed by atoms with van der Waals surface area (Å²) in [5.41, 5.74) is 3.44. The van der Waals surface area contributed by atoms with Crippen LogP contribution in [0.3, 0.4) is 0 Å². The number of carboxylic acid groups (broad SMARTS) is 1. The minimum absolute atomic E-state index is 0.0559. The van der Waals surface area contributed by atoms with E-state index in [4.69, 9.17) is 0 Å². The second kappa shape index (κ2) is 6.17. The van der Waals surface area contributed by atoms with Crippen molar-refractivity contribution in [1.82, 2.24) is 15.0 Å². The Balaban J connectivity index is 2.36.